The maximum absolute atomic E-state index is 11.6. The molecule has 0 radical (unpaired) electrons. The van der Waals surface area contributed by atoms with Crippen LogP contribution in [0.3, 0.4) is 0 Å². The number of carboxylic acid groups (broad SMARTS) is 1. The molecule has 88 valence electrons. The molecule has 6 heteroatoms. The maximum atomic E-state index is 11.6. The maximum Gasteiger partial charge on any atom is 0.308 e. The van der Waals surface area contributed by atoms with Crippen LogP contribution < -0.4 is 5.56 Å². The molecular weight excluding hydrogens is 210 g/mol. The van der Waals surface area contributed by atoms with E-state index in [1.165, 1.54) is 0 Å². The Balaban J connectivity index is 3.07. The molecule has 0 saturated carbocycles. The van der Waals surface area contributed by atoms with E-state index in [1.54, 1.807) is 6.92 Å². The average molecular weight is 225 g/mol. The molecule has 0 spiro atoms. The minimum absolute atomic E-state index is 0.218. The van der Waals surface area contributed by atoms with Crippen molar-refractivity contribution in [1.82, 2.24) is 14.9 Å². The van der Waals surface area contributed by atoms with Gasteiger partial charge in [-0.3, -0.25) is 9.59 Å². The van der Waals surface area contributed by atoms with Crippen LogP contribution in [0.25, 0.3) is 0 Å². The molecule has 0 aliphatic heterocycles. The van der Waals surface area contributed by atoms with Gasteiger partial charge in [0.1, 0.15) is 5.82 Å². The highest BCUT2D eigenvalue weighted by Crippen LogP contribution is 2.01. The number of hydrogen-bond acceptors (Lipinski definition) is 4. The number of aryl methyl sites for hydroxylation is 1. The van der Waals surface area contributed by atoms with Gasteiger partial charge in [-0.05, 0) is 21.0 Å². The largest absolute Gasteiger partial charge is 0.481 e. The molecule has 0 amide bonds. The van der Waals surface area contributed by atoms with Gasteiger partial charge in [-0.15, -0.1) is 0 Å². The first kappa shape index (κ1) is 12.4. The summed E-state index contributed by atoms with van der Waals surface area (Å²) in [5, 5.41) is 8.64. The SMILES string of the molecule is Cc1nc(CN(C)C)[nH]c(=O)c1CC(=O)O. The molecule has 0 bridgehead atoms. The Hall–Kier alpha value is -1.69. The molecule has 6 nitrogen and oxygen atoms in total. The second-order valence-electron chi connectivity index (χ2n) is 3.88. The fraction of sp³-hybridized carbons (Fsp3) is 0.500. The molecule has 1 rings (SSSR count). The minimum Gasteiger partial charge on any atom is -0.481 e. The monoisotopic (exact) mass is 225 g/mol. The van der Waals surface area contributed by atoms with Gasteiger partial charge in [0.15, 0.2) is 0 Å². The van der Waals surface area contributed by atoms with Crippen molar-refractivity contribution < 1.29 is 9.90 Å². The summed E-state index contributed by atoms with van der Waals surface area (Å²) in [6.07, 6.45) is -0.295. The molecule has 0 atom stereocenters. The highest BCUT2D eigenvalue weighted by atomic mass is 16.4. The summed E-state index contributed by atoms with van der Waals surface area (Å²) in [5.41, 5.74) is 0.324. The van der Waals surface area contributed by atoms with Crippen molar-refractivity contribution >= 4 is 5.97 Å². The molecular formula is C10H15N3O3. The van der Waals surface area contributed by atoms with Crippen molar-refractivity contribution in [2.45, 2.75) is 19.9 Å². The van der Waals surface area contributed by atoms with Gasteiger partial charge in [0.2, 0.25) is 0 Å². The summed E-state index contributed by atoms with van der Waals surface area (Å²) >= 11 is 0. The highest BCUT2D eigenvalue weighted by Gasteiger charge is 2.11. The van der Waals surface area contributed by atoms with Gasteiger partial charge < -0.3 is 15.0 Å². The Kier molecular flexibility index (Phi) is 3.78. The van der Waals surface area contributed by atoms with Gasteiger partial charge in [0.05, 0.1) is 13.0 Å². The molecule has 0 aromatic carbocycles. The number of nitrogens with one attached hydrogen (secondary N) is 1. The van der Waals surface area contributed by atoms with Gasteiger partial charge in [-0.2, -0.15) is 0 Å². The van der Waals surface area contributed by atoms with Crippen molar-refractivity contribution in [3.8, 4) is 0 Å². The van der Waals surface area contributed by atoms with E-state index in [-0.39, 0.29) is 17.5 Å². The van der Waals surface area contributed by atoms with Crippen LogP contribution in [-0.2, 0) is 17.8 Å². The third kappa shape index (κ3) is 3.16. The first-order valence-electron chi connectivity index (χ1n) is 4.85. The van der Waals surface area contributed by atoms with E-state index in [0.717, 1.165) is 0 Å². The summed E-state index contributed by atoms with van der Waals surface area (Å²) in [4.78, 5) is 30.8. The number of carboxylic acids is 1. The zero-order valence-electron chi connectivity index (χ0n) is 9.57. The number of rotatable bonds is 4. The van der Waals surface area contributed by atoms with E-state index in [4.69, 9.17) is 5.11 Å². The Morgan fingerprint density at radius 1 is 1.50 bits per heavy atom. The number of aliphatic carboxylic acids is 1. The lowest BCUT2D eigenvalue weighted by atomic mass is 10.2. The third-order valence-electron chi connectivity index (χ3n) is 2.07. The predicted octanol–water partition coefficient (Wildman–Crippen LogP) is -0.233. The number of aromatic amines is 1. The molecule has 1 aromatic rings. The lowest BCUT2D eigenvalue weighted by Crippen LogP contribution is -2.24. The van der Waals surface area contributed by atoms with Crippen LogP contribution in [0.5, 0.6) is 0 Å². The summed E-state index contributed by atoms with van der Waals surface area (Å²) < 4.78 is 0. The normalized spacial score (nSPS) is 10.8. The Bertz CT molecular complexity index is 451. The quantitative estimate of drug-likeness (QED) is 0.739. The number of hydrogen-bond donors (Lipinski definition) is 2. The Morgan fingerprint density at radius 2 is 2.12 bits per heavy atom. The molecule has 0 fully saturated rings. The zero-order valence-corrected chi connectivity index (χ0v) is 9.57. The first-order chi connectivity index (χ1) is 7.40. The van der Waals surface area contributed by atoms with E-state index in [2.05, 4.69) is 9.97 Å². The van der Waals surface area contributed by atoms with Crippen LogP contribution in [0, 0.1) is 6.92 Å². The second-order valence-corrected chi connectivity index (χ2v) is 3.88. The summed E-state index contributed by atoms with van der Waals surface area (Å²) in [5.74, 6) is -0.489. The number of nitrogens with zero attached hydrogens (tertiary/aromatic N) is 2. The number of aromatic nitrogens is 2. The van der Waals surface area contributed by atoms with Gasteiger partial charge in [-0.1, -0.05) is 0 Å². The van der Waals surface area contributed by atoms with Crippen LogP contribution in [0.1, 0.15) is 17.1 Å². The lowest BCUT2D eigenvalue weighted by molar-refractivity contribution is -0.136. The minimum atomic E-state index is -1.03. The Labute approximate surface area is 92.9 Å². The van der Waals surface area contributed by atoms with Crippen molar-refractivity contribution in [1.29, 1.82) is 0 Å². The Morgan fingerprint density at radius 3 is 2.56 bits per heavy atom. The van der Waals surface area contributed by atoms with Crippen molar-refractivity contribution in [2.75, 3.05) is 14.1 Å². The van der Waals surface area contributed by atoms with Crippen LogP contribution in [0.4, 0.5) is 0 Å². The van der Waals surface area contributed by atoms with E-state index < -0.39 is 5.97 Å². The van der Waals surface area contributed by atoms with E-state index >= 15 is 0 Å². The lowest BCUT2D eigenvalue weighted by Gasteiger charge is -2.10. The molecule has 0 aliphatic carbocycles. The fourth-order valence-corrected chi connectivity index (χ4v) is 1.40. The van der Waals surface area contributed by atoms with Gasteiger partial charge in [0, 0.05) is 11.3 Å². The summed E-state index contributed by atoms with van der Waals surface area (Å²) in [7, 11) is 3.72. The van der Waals surface area contributed by atoms with Gasteiger partial charge in [-0.25, -0.2) is 4.98 Å². The molecule has 16 heavy (non-hydrogen) atoms. The number of H-pyrrole nitrogens is 1. The average Bonchev–Trinajstić information content (AvgIpc) is 2.10. The topological polar surface area (TPSA) is 86.3 Å². The first-order valence-corrected chi connectivity index (χ1v) is 4.85. The van der Waals surface area contributed by atoms with Crippen molar-refractivity contribution in [3.05, 3.63) is 27.4 Å². The van der Waals surface area contributed by atoms with E-state index in [9.17, 15) is 9.59 Å². The van der Waals surface area contributed by atoms with Crippen molar-refractivity contribution in [3.63, 3.8) is 0 Å². The summed E-state index contributed by atoms with van der Waals surface area (Å²) in [6, 6.07) is 0. The molecule has 0 saturated heterocycles. The van der Waals surface area contributed by atoms with Crippen LogP contribution in [0.2, 0.25) is 0 Å². The molecule has 0 unspecified atom stereocenters. The molecule has 1 aromatic heterocycles. The van der Waals surface area contributed by atoms with Crippen LogP contribution in [-0.4, -0.2) is 40.0 Å². The predicted molar refractivity (Wildman–Crippen MR) is 58.3 cm³/mol. The molecule has 2 N–H and O–H groups in total. The van der Waals surface area contributed by atoms with Crippen LogP contribution in [0.15, 0.2) is 4.79 Å². The van der Waals surface area contributed by atoms with E-state index in [1.807, 2.05) is 19.0 Å². The van der Waals surface area contributed by atoms with Gasteiger partial charge in [0.25, 0.3) is 5.56 Å². The second kappa shape index (κ2) is 4.89. The molecule has 0 aliphatic rings. The molecule has 1 heterocycles. The number of carbonyl (C=O) groups is 1. The fourth-order valence-electron chi connectivity index (χ4n) is 1.40. The zero-order chi connectivity index (χ0) is 12.3. The van der Waals surface area contributed by atoms with Gasteiger partial charge >= 0.3 is 5.97 Å². The summed E-state index contributed by atoms with van der Waals surface area (Å²) in [6.45, 7) is 2.16. The van der Waals surface area contributed by atoms with E-state index in [0.29, 0.717) is 18.1 Å². The third-order valence-corrected chi connectivity index (χ3v) is 2.07. The smallest absolute Gasteiger partial charge is 0.308 e. The standard InChI is InChI=1S/C10H15N3O3/c1-6-7(4-9(14)15)10(16)12-8(11-6)5-13(2)3/h4-5H2,1-3H3,(H,14,15)(H,11,12,16). The highest BCUT2D eigenvalue weighted by molar-refractivity contribution is 5.70. The van der Waals surface area contributed by atoms with Crippen molar-refractivity contribution in [2.24, 2.45) is 0 Å². The van der Waals surface area contributed by atoms with Crippen LogP contribution >= 0.6 is 0 Å².